The number of halogens is 3. The third-order valence-corrected chi connectivity index (χ3v) is 5.41. The van der Waals surface area contributed by atoms with E-state index < -0.39 is 24.0 Å². The van der Waals surface area contributed by atoms with Gasteiger partial charge >= 0.3 is 6.18 Å². The third kappa shape index (κ3) is 4.45. The molecule has 1 aromatic heterocycles. The number of amidine groups is 1. The number of carbonyl (C=O) groups excluding carboxylic acids is 1. The summed E-state index contributed by atoms with van der Waals surface area (Å²) in [6, 6.07) is 8.09. The Hall–Kier alpha value is -4.61. The molecule has 12 heteroatoms. The summed E-state index contributed by atoms with van der Waals surface area (Å²) in [5.74, 6) is -1.88. The number of primary amides is 1. The van der Waals surface area contributed by atoms with Crippen LogP contribution in [0.25, 0.3) is 11.3 Å². The van der Waals surface area contributed by atoms with Crippen LogP contribution in [-0.2, 0) is 0 Å². The second kappa shape index (κ2) is 8.97. The lowest BCUT2D eigenvalue weighted by Gasteiger charge is -2.29. The normalized spacial score (nSPS) is 16.1. The van der Waals surface area contributed by atoms with Crippen LogP contribution in [0.3, 0.4) is 0 Å². The van der Waals surface area contributed by atoms with Gasteiger partial charge in [0.1, 0.15) is 6.04 Å². The molecule has 1 aliphatic rings. The molecule has 0 saturated carbocycles. The quantitative estimate of drug-likeness (QED) is 0.326. The molecule has 4 rings (SSSR count). The van der Waals surface area contributed by atoms with Crippen molar-refractivity contribution in [2.24, 2.45) is 21.5 Å². The summed E-state index contributed by atoms with van der Waals surface area (Å²) in [6.07, 6.45) is 1.19. The third-order valence-electron chi connectivity index (χ3n) is 5.41. The maximum absolute atomic E-state index is 13.8. The second-order valence-electron chi connectivity index (χ2n) is 7.63. The van der Waals surface area contributed by atoms with Gasteiger partial charge in [-0.1, -0.05) is 18.2 Å². The molecule has 1 unspecified atom stereocenters. The molecule has 2 aromatic carbocycles. The monoisotopic (exact) mass is 482 g/mol. The zero-order chi connectivity index (χ0) is 25.3. The minimum absolute atomic E-state index is 0.0938. The van der Waals surface area contributed by atoms with E-state index in [1.807, 2.05) is 0 Å². The fourth-order valence-electron chi connectivity index (χ4n) is 3.78. The molecule has 0 saturated heterocycles. The molecule has 0 radical (unpaired) electrons. The van der Waals surface area contributed by atoms with Crippen LogP contribution in [0, 0.1) is 0 Å². The van der Waals surface area contributed by atoms with E-state index in [1.165, 1.54) is 36.9 Å². The van der Waals surface area contributed by atoms with Crippen LogP contribution < -0.4 is 22.5 Å². The van der Waals surface area contributed by atoms with Crippen molar-refractivity contribution in [2.75, 3.05) is 18.1 Å². The Kier molecular flexibility index (Phi) is 6.03. The molecule has 35 heavy (non-hydrogen) atoms. The maximum atomic E-state index is 13.8. The minimum Gasteiger partial charge on any atom is -0.404 e. The van der Waals surface area contributed by atoms with Crippen LogP contribution in [0.2, 0.25) is 0 Å². The number of benzene rings is 2. The van der Waals surface area contributed by atoms with Crippen molar-refractivity contribution in [3.8, 4) is 5.69 Å². The molecule has 1 atom stereocenters. The molecule has 0 bridgehead atoms. The molecule has 2 heterocycles. The summed E-state index contributed by atoms with van der Waals surface area (Å²) >= 11 is 0. The van der Waals surface area contributed by atoms with Gasteiger partial charge in [-0.15, -0.1) is 0 Å². The molecule has 7 N–H and O–H groups in total. The molecular weight excluding hydrogens is 461 g/mol. The molecule has 1 aliphatic heterocycles. The molecule has 180 valence electrons. The average Bonchev–Trinajstić information content (AvgIpc) is 3.30. The first-order valence-corrected chi connectivity index (χ1v) is 10.3. The zero-order valence-electron chi connectivity index (χ0n) is 18.4. The standard InChI is InChI=1S/C23H21F3N8O/c1-30-9-13(8-27)17-10-34(11-31-17)18-4-2-3-15-19(32-22(23(24,25)26)33-20(15)18)14-6-5-12(21(29)35)7-16(14)28/h2-11,19H,27-28H2,1H3,(H2,29,35)(H,32,33). The summed E-state index contributed by atoms with van der Waals surface area (Å²) in [4.78, 5) is 23.6. The van der Waals surface area contributed by atoms with Gasteiger partial charge in [0.25, 0.3) is 0 Å². The number of rotatable bonds is 5. The molecule has 9 nitrogen and oxygen atoms in total. The van der Waals surface area contributed by atoms with Gasteiger partial charge in [-0.2, -0.15) is 13.2 Å². The largest absolute Gasteiger partial charge is 0.449 e. The second-order valence-corrected chi connectivity index (χ2v) is 7.63. The minimum atomic E-state index is -4.75. The fourth-order valence-corrected chi connectivity index (χ4v) is 3.78. The number of allylic oxidation sites excluding steroid dienone is 1. The van der Waals surface area contributed by atoms with E-state index in [-0.39, 0.29) is 16.9 Å². The van der Waals surface area contributed by atoms with Gasteiger partial charge in [-0.3, -0.25) is 14.8 Å². The van der Waals surface area contributed by atoms with Crippen molar-refractivity contribution in [3.05, 3.63) is 77.5 Å². The SMILES string of the molecule is CN=CC(=CN)c1cn(-c2cccc3c2NC(C(F)(F)F)=NC3c2ccc(C(N)=O)cc2N)cn1. The Bertz CT molecular complexity index is 1390. The number of para-hydroxylation sites is 1. The Labute approximate surface area is 197 Å². The van der Waals surface area contributed by atoms with Crippen LogP contribution in [0.1, 0.15) is 33.2 Å². The van der Waals surface area contributed by atoms with Gasteiger partial charge < -0.3 is 27.1 Å². The van der Waals surface area contributed by atoms with Crippen molar-refractivity contribution < 1.29 is 18.0 Å². The van der Waals surface area contributed by atoms with Crippen LogP contribution >= 0.6 is 0 Å². The van der Waals surface area contributed by atoms with Crippen molar-refractivity contribution in [1.29, 1.82) is 0 Å². The number of fused-ring (bicyclic) bond motifs is 1. The van der Waals surface area contributed by atoms with Crippen LogP contribution in [0.5, 0.6) is 0 Å². The van der Waals surface area contributed by atoms with Gasteiger partial charge in [0.15, 0.2) is 0 Å². The Morgan fingerprint density at radius 2 is 2.00 bits per heavy atom. The number of amides is 1. The highest BCUT2D eigenvalue weighted by atomic mass is 19.4. The Balaban J connectivity index is 1.87. The first kappa shape index (κ1) is 23.5. The predicted molar refractivity (Wildman–Crippen MR) is 128 cm³/mol. The molecule has 3 aromatic rings. The number of aromatic nitrogens is 2. The van der Waals surface area contributed by atoms with Crippen molar-refractivity contribution in [2.45, 2.75) is 12.2 Å². The number of imidazole rings is 1. The molecule has 0 spiro atoms. The molecular formula is C23H21F3N8O. The van der Waals surface area contributed by atoms with Gasteiger partial charge in [0, 0.05) is 53.6 Å². The number of hydrogen-bond acceptors (Lipinski definition) is 7. The fraction of sp³-hybridized carbons (Fsp3) is 0.130. The average molecular weight is 482 g/mol. The van der Waals surface area contributed by atoms with E-state index in [0.29, 0.717) is 28.1 Å². The van der Waals surface area contributed by atoms with Crippen LogP contribution in [0.4, 0.5) is 24.5 Å². The lowest BCUT2D eigenvalue weighted by molar-refractivity contribution is -0.0591. The highest BCUT2D eigenvalue weighted by molar-refractivity contribution is 6.08. The number of carbonyl (C=O) groups is 1. The summed E-state index contributed by atoms with van der Waals surface area (Å²) in [7, 11) is 1.58. The number of alkyl halides is 3. The van der Waals surface area contributed by atoms with E-state index in [0.717, 1.165) is 0 Å². The van der Waals surface area contributed by atoms with Gasteiger partial charge in [-0.25, -0.2) is 4.98 Å². The summed E-state index contributed by atoms with van der Waals surface area (Å²) < 4.78 is 43.1. The number of nitrogens with one attached hydrogen (secondary N) is 1. The summed E-state index contributed by atoms with van der Waals surface area (Å²) in [5, 5.41) is 2.43. The van der Waals surface area contributed by atoms with E-state index in [4.69, 9.17) is 17.2 Å². The van der Waals surface area contributed by atoms with Crippen LogP contribution in [0.15, 0.2) is 65.1 Å². The molecule has 0 fully saturated rings. The number of anilines is 2. The Morgan fingerprint density at radius 1 is 1.23 bits per heavy atom. The van der Waals surface area contributed by atoms with E-state index in [1.54, 1.807) is 36.0 Å². The van der Waals surface area contributed by atoms with E-state index >= 15 is 0 Å². The summed E-state index contributed by atoms with van der Waals surface area (Å²) in [6.45, 7) is 0. The van der Waals surface area contributed by atoms with Crippen molar-refractivity contribution >= 4 is 34.9 Å². The smallest absolute Gasteiger partial charge is 0.404 e. The number of aliphatic imine (C=N–C) groups is 2. The van der Waals surface area contributed by atoms with Crippen molar-refractivity contribution in [1.82, 2.24) is 9.55 Å². The molecule has 0 aliphatic carbocycles. The highest BCUT2D eigenvalue weighted by Crippen LogP contribution is 2.42. The van der Waals surface area contributed by atoms with E-state index in [2.05, 4.69) is 20.3 Å². The lowest BCUT2D eigenvalue weighted by atomic mass is 9.93. The van der Waals surface area contributed by atoms with Gasteiger partial charge in [0.05, 0.1) is 23.4 Å². The topological polar surface area (TPSA) is 150 Å². The summed E-state index contributed by atoms with van der Waals surface area (Å²) in [5.41, 5.74) is 19.6. The van der Waals surface area contributed by atoms with E-state index in [9.17, 15) is 18.0 Å². The highest BCUT2D eigenvalue weighted by Gasteiger charge is 2.41. The number of nitrogens with zero attached hydrogens (tertiary/aromatic N) is 4. The van der Waals surface area contributed by atoms with Crippen LogP contribution in [-0.4, -0.2) is 40.7 Å². The Morgan fingerprint density at radius 3 is 2.63 bits per heavy atom. The first-order chi connectivity index (χ1) is 16.6. The molecule has 1 amide bonds. The zero-order valence-corrected chi connectivity index (χ0v) is 18.4. The lowest BCUT2D eigenvalue weighted by Crippen LogP contribution is -2.35. The predicted octanol–water partition coefficient (Wildman–Crippen LogP) is 3.03. The first-order valence-electron chi connectivity index (χ1n) is 10.3. The number of nitrogen functional groups attached to an aromatic ring is 1. The maximum Gasteiger partial charge on any atom is 0.449 e. The van der Waals surface area contributed by atoms with Gasteiger partial charge in [0.2, 0.25) is 11.7 Å². The number of nitrogens with two attached hydrogens (primary N) is 3. The number of hydrogen-bond donors (Lipinski definition) is 4. The van der Waals surface area contributed by atoms with Gasteiger partial charge in [-0.05, 0) is 18.2 Å². The van der Waals surface area contributed by atoms with Crippen molar-refractivity contribution in [3.63, 3.8) is 0 Å².